The van der Waals surface area contributed by atoms with Crippen molar-refractivity contribution in [3.63, 3.8) is 0 Å². The van der Waals surface area contributed by atoms with Crippen LogP contribution in [-0.4, -0.2) is 90.2 Å². The van der Waals surface area contributed by atoms with Gasteiger partial charge >= 0.3 is 6.09 Å². The molecular formula is C51H60FN9O5S. The van der Waals surface area contributed by atoms with Crippen LogP contribution in [0.1, 0.15) is 120 Å². The first-order valence-corrected chi connectivity index (χ1v) is 24.4. The van der Waals surface area contributed by atoms with Crippen molar-refractivity contribution in [2.24, 2.45) is 16.8 Å². The molecule has 7 heterocycles. The molecule has 6 aromatic rings. The molecule has 67 heavy (non-hydrogen) atoms. The zero-order valence-corrected chi connectivity index (χ0v) is 40.3. The molecule has 3 N–H and O–H groups in total. The van der Waals surface area contributed by atoms with Crippen LogP contribution in [0.2, 0.25) is 0 Å². The van der Waals surface area contributed by atoms with Crippen LogP contribution in [0.4, 0.5) is 9.18 Å². The SMILES string of the molecule is CCCC(C)=NC(C(=O)N1CCCC1c1ncc(-c2cc(F)c3c(c2)OC(c2ccc(C)s2)n2c-3cc3cc(-c4cnc(C5CCCN5C(=O)C(NC(=O)OC)C(C)C)[nH]4)ccc32)[nH]1)C(C)C. The molecule has 3 aliphatic heterocycles. The number of H-pyrrole nitrogens is 2. The van der Waals surface area contributed by atoms with Crippen molar-refractivity contribution >= 4 is 45.9 Å². The number of alkyl carbamates (subject to hydrolysis) is 1. The number of aromatic nitrogens is 5. The zero-order valence-electron chi connectivity index (χ0n) is 39.5. The molecule has 352 valence electrons. The number of aliphatic imine (C=N–C) groups is 1. The van der Waals surface area contributed by atoms with E-state index < -0.39 is 30.2 Å². The fourth-order valence-electron chi connectivity index (χ4n) is 10.0. The maximum Gasteiger partial charge on any atom is 0.407 e. The molecule has 3 amide bonds. The fourth-order valence-corrected chi connectivity index (χ4v) is 10.9. The van der Waals surface area contributed by atoms with Crippen LogP contribution in [0.15, 0.2) is 65.9 Å². The van der Waals surface area contributed by atoms with E-state index in [1.807, 2.05) is 63.8 Å². The number of fused-ring (bicyclic) bond motifs is 5. The average molecular weight is 930 g/mol. The number of nitrogens with one attached hydrogen (secondary N) is 3. The number of halogens is 1. The molecule has 16 heteroatoms. The van der Waals surface area contributed by atoms with E-state index in [0.717, 1.165) is 76.2 Å². The van der Waals surface area contributed by atoms with Crippen LogP contribution >= 0.6 is 11.3 Å². The Morgan fingerprint density at radius 3 is 2.19 bits per heavy atom. The van der Waals surface area contributed by atoms with Crippen molar-refractivity contribution in [3.05, 3.63) is 88.1 Å². The van der Waals surface area contributed by atoms with Crippen molar-refractivity contribution in [1.82, 2.24) is 39.6 Å². The molecular weight excluding hydrogens is 870 g/mol. The third kappa shape index (κ3) is 8.76. The van der Waals surface area contributed by atoms with Crippen molar-refractivity contribution in [2.45, 2.75) is 117 Å². The second-order valence-corrected chi connectivity index (χ2v) is 20.1. The Hall–Kier alpha value is -6.29. The molecule has 9 rings (SSSR count). The van der Waals surface area contributed by atoms with Crippen molar-refractivity contribution in [1.29, 1.82) is 0 Å². The number of carbonyl (C=O) groups excluding carboxylic acids is 3. The number of amides is 3. The normalized spacial score (nSPS) is 19.2. The summed E-state index contributed by atoms with van der Waals surface area (Å²) in [4.78, 5) is 67.1. The molecule has 4 aromatic heterocycles. The summed E-state index contributed by atoms with van der Waals surface area (Å²) in [5, 5.41) is 3.61. The third-order valence-corrected chi connectivity index (χ3v) is 14.4. The predicted octanol–water partition coefficient (Wildman–Crippen LogP) is 10.5. The van der Waals surface area contributed by atoms with E-state index in [4.69, 9.17) is 24.4 Å². The van der Waals surface area contributed by atoms with Crippen molar-refractivity contribution in [2.75, 3.05) is 20.2 Å². The van der Waals surface area contributed by atoms with Gasteiger partial charge in [-0.25, -0.2) is 19.2 Å². The monoisotopic (exact) mass is 929 g/mol. The number of ether oxygens (including phenoxy) is 2. The number of hydrogen-bond acceptors (Lipinski definition) is 9. The first-order chi connectivity index (χ1) is 32.2. The number of imidazole rings is 2. The molecule has 0 saturated carbocycles. The Kier molecular flexibility index (Phi) is 12.8. The van der Waals surface area contributed by atoms with E-state index in [1.54, 1.807) is 28.6 Å². The molecule has 2 aromatic carbocycles. The van der Waals surface area contributed by atoms with Gasteiger partial charge in [0.2, 0.25) is 18.0 Å². The highest BCUT2D eigenvalue weighted by atomic mass is 32.1. The highest BCUT2D eigenvalue weighted by molar-refractivity contribution is 7.12. The Balaban J connectivity index is 1.02. The smallest absolute Gasteiger partial charge is 0.407 e. The van der Waals surface area contributed by atoms with Crippen molar-refractivity contribution < 1.29 is 28.2 Å². The zero-order chi connectivity index (χ0) is 47.3. The minimum absolute atomic E-state index is 0.0159. The summed E-state index contributed by atoms with van der Waals surface area (Å²) in [6, 6.07) is 14.0. The van der Waals surface area contributed by atoms with E-state index in [2.05, 4.69) is 51.9 Å². The summed E-state index contributed by atoms with van der Waals surface area (Å²) in [7, 11) is 1.28. The van der Waals surface area contributed by atoms with Gasteiger partial charge in [0.25, 0.3) is 0 Å². The van der Waals surface area contributed by atoms with Gasteiger partial charge in [-0.05, 0) is 100 Å². The van der Waals surface area contributed by atoms with Gasteiger partial charge in [-0.2, -0.15) is 0 Å². The number of aryl methyl sites for hydroxylation is 1. The average Bonchev–Trinajstić information content (AvgIpc) is 4.16. The fraction of sp³-hybridized carbons (Fsp3) is 0.451. The van der Waals surface area contributed by atoms with Crippen LogP contribution in [0.3, 0.4) is 0 Å². The Bertz CT molecular complexity index is 2860. The van der Waals surface area contributed by atoms with Gasteiger partial charge in [0.1, 0.15) is 35.3 Å². The van der Waals surface area contributed by atoms with E-state index >= 15 is 4.39 Å². The van der Waals surface area contributed by atoms with Gasteiger partial charge in [-0.15, -0.1) is 11.3 Å². The van der Waals surface area contributed by atoms with Gasteiger partial charge in [0.05, 0.1) is 64.6 Å². The molecule has 0 spiro atoms. The highest BCUT2D eigenvalue weighted by Crippen LogP contribution is 2.48. The van der Waals surface area contributed by atoms with E-state index in [9.17, 15) is 14.4 Å². The summed E-state index contributed by atoms with van der Waals surface area (Å²) >= 11 is 1.64. The summed E-state index contributed by atoms with van der Waals surface area (Å²) < 4.78 is 30.6. The molecule has 5 unspecified atom stereocenters. The highest BCUT2D eigenvalue weighted by Gasteiger charge is 2.39. The standard InChI is InChI=1S/C51H60FN9O5S/c1-9-12-29(6)55-44(27(2)3)48(62)59-19-10-14-39(59)47-54-26-36(57-47)32-22-34(52)43-40-23-33-21-31(16-17-37(33)61(40)50(66-41(43)24-32)42-18-15-30(7)67-42)35-25-53-46(56-35)38-13-11-20-60(38)49(63)45(28(4)5)58-51(64)65-8/h15-18,21-28,38-39,44-45,50H,9-14,19-20H2,1-8H3,(H,53,56)(H,54,57)(H,58,64). The Morgan fingerprint density at radius 1 is 0.910 bits per heavy atom. The minimum Gasteiger partial charge on any atom is -0.464 e. The number of aromatic amines is 2. The molecule has 2 fully saturated rings. The largest absolute Gasteiger partial charge is 0.464 e. The van der Waals surface area contributed by atoms with Crippen LogP contribution < -0.4 is 10.1 Å². The lowest BCUT2D eigenvalue weighted by atomic mass is 10.0. The third-order valence-electron chi connectivity index (χ3n) is 13.4. The summed E-state index contributed by atoms with van der Waals surface area (Å²) in [6.07, 6.45) is 7.31. The molecule has 14 nitrogen and oxygen atoms in total. The van der Waals surface area contributed by atoms with Crippen LogP contribution in [-0.2, 0) is 14.3 Å². The maximum absolute atomic E-state index is 16.9. The van der Waals surface area contributed by atoms with E-state index in [-0.39, 0.29) is 35.7 Å². The molecule has 0 radical (unpaired) electrons. The predicted molar refractivity (Wildman–Crippen MR) is 259 cm³/mol. The Morgan fingerprint density at radius 2 is 1.58 bits per heavy atom. The van der Waals surface area contributed by atoms with E-state index in [0.29, 0.717) is 53.0 Å². The van der Waals surface area contributed by atoms with Gasteiger partial charge in [0, 0.05) is 40.2 Å². The number of carbonyl (C=O) groups is 3. The number of methoxy groups -OCH3 is 1. The van der Waals surface area contributed by atoms with E-state index in [1.165, 1.54) is 13.2 Å². The first kappa shape index (κ1) is 45.8. The first-order valence-electron chi connectivity index (χ1n) is 23.6. The quantitative estimate of drug-likeness (QED) is 0.0971. The second-order valence-electron chi connectivity index (χ2n) is 18.8. The van der Waals surface area contributed by atoms with Gasteiger partial charge in [0.15, 0.2) is 0 Å². The van der Waals surface area contributed by atoms with Crippen LogP contribution in [0.25, 0.3) is 44.7 Å². The van der Waals surface area contributed by atoms with Crippen LogP contribution in [0, 0.1) is 24.6 Å². The maximum atomic E-state index is 16.9. The second kappa shape index (κ2) is 18.8. The summed E-state index contributed by atoms with van der Waals surface area (Å²) in [6.45, 7) is 15.2. The molecule has 3 aliphatic rings. The lowest BCUT2D eigenvalue weighted by molar-refractivity contribution is -0.136. The number of hydrogen-bond donors (Lipinski definition) is 3. The lowest BCUT2D eigenvalue weighted by Crippen LogP contribution is -2.51. The number of rotatable bonds is 13. The number of nitrogens with zero attached hydrogens (tertiary/aromatic N) is 6. The molecule has 0 aliphatic carbocycles. The number of likely N-dealkylation sites (tertiary alicyclic amines) is 2. The molecule has 5 atom stereocenters. The Labute approximate surface area is 394 Å². The summed E-state index contributed by atoms with van der Waals surface area (Å²) in [5.41, 5.74) is 5.83. The van der Waals surface area contributed by atoms with Gasteiger partial charge in [-0.3, -0.25) is 19.1 Å². The number of thiophene rings is 1. The van der Waals surface area contributed by atoms with Crippen LogP contribution in [0.5, 0.6) is 5.75 Å². The topological polar surface area (TPSA) is 163 Å². The lowest BCUT2D eigenvalue weighted by Gasteiger charge is -2.30. The van der Waals surface area contributed by atoms with Crippen molar-refractivity contribution in [3.8, 4) is 39.5 Å². The summed E-state index contributed by atoms with van der Waals surface area (Å²) in [5.74, 6) is 1.09. The minimum atomic E-state index is -0.730. The molecule has 2 saturated heterocycles. The number of benzene rings is 2. The molecule has 0 bridgehead atoms. The van der Waals surface area contributed by atoms with Gasteiger partial charge in [-0.1, -0.05) is 47.1 Å². The van der Waals surface area contributed by atoms with Gasteiger partial charge < -0.3 is 34.6 Å².